The van der Waals surface area contributed by atoms with Crippen molar-refractivity contribution in [2.75, 3.05) is 19.8 Å². The normalized spacial score (nSPS) is 18.8. The Bertz CT molecular complexity index is 484. The van der Waals surface area contributed by atoms with Crippen LogP contribution in [-0.2, 0) is 0 Å². The SMILES string of the molecule is O=C(NCC(O)C1CC1)c1ccc2c(c1)OCCO2. The van der Waals surface area contributed by atoms with Crippen molar-refractivity contribution in [1.82, 2.24) is 5.32 Å². The van der Waals surface area contributed by atoms with E-state index in [1.807, 2.05) is 0 Å². The molecule has 2 aliphatic rings. The van der Waals surface area contributed by atoms with Crippen LogP contribution < -0.4 is 14.8 Å². The summed E-state index contributed by atoms with van der Waals surface area (Å²) < 4.78 is 10.8. The molecule has 1 aromatic carbocycles. The second kappa shape index (κ2) is 5.09. The number of amides is 1. The molecule has 0 aromatic heterocycles. The van der Waals surface area contributed by atoms with E-state index in [0.717, 1.165) is 12.8 Å². The first-order chi connectivity index (χ1) is 9.24. The standard InChI is InChI=1S/C14H17NO4/c16-11(9-1-2-9)8-15-14(17)10-3-4-12-13(7-10)19-6-5-18-12/h3-4,7,9,11,16H,1-2,5-6,8H2,(H,15,17). The van der Waals surface area contributed by atoms with E-state index in [4.69, 9.17) is 9.47 Å². The van der Waals surface area contributed by atoms with Crippen molar-refractivity contribution in [3.63, 3.8) is 0 Å². The summed E-state index contributed by atoms with van der Waals surface area (Å²) in [4.78, 5) is 12.0. The van der Waals surface area contributed by atoms with E-state index in [1.165, 1.54) is 0 Å². The number of rotatable bonds is 4. The van der Waals surface area contributed by atoms with Crippen molar-refractivity contribution in [2.24, 2.45) is 5.92 Å². The first-order valence-electron chi connectivity index (χ1n) is 6.60. The van der Waals surface area contributed by atoms with Crippen molar-refractivity contribution in [2.45, 2.75) is 18.9 Å². The van der Waals surface area contributed by atoms with Gasteiger partial charge in [-0.15, -0.1) is 0 Å². The van der Waals surface area contributed by atoms with Gasteiger partial charge in [-0.2, -0.15) is 0 Å². The van der Waals surface area contributed by atoms with Crippen LogP contribution in [0.15, 0.2) is 18.2 Å². The molecule has 5 nitrogen and oxygen atoms in total. The number of benzene rings is 1. The first kappa shape index (κ1) is 12.3. The average molecular weight is 263 g/mol. The lowest BCUT2D eigenvalue weighted by Gasteiger charge is -2.19. The van der Waals surface area contributed by atoms with Crippen LogP contribution in [0.25, 0.3) is 0 Å². The van der Waals surface area contributed by atoms with Gasteiger partial charge in [0.25, 0.3) is 5.91 Å². The molecule has 2 N–H and O–H groups in total. The topological polar surface area (TPSA) is 67.8 Å². The number of carbonyl (C=O) groups excluding carboxylic acids is 1. The molecule has 0 bridgehead atoms. The van der Waals surface area contributed by atoms with Crippen LogP contribution >= 0.6 is 0 Å². The van der Waals surface area contributed by atoms with E-state index in [2.05, 4.69) is 5.32 Å². The summed E-state index contributed by atoms with van der Waals surface area (Å²) in [5.41, 5.74) is 0.521. The third-order valence-electron chi connectivity index (χ3n) is 3.44. The summed E-state index contributed by atoms with van der Waals surface area (Å²) in [6.07, 6.45) is 1.68. The van der Waals surface area contributed by atoms with Crippen molar-refractivity contribution in [3.05, 3.63) is 23.8 Å². The summed E-state index contributed by atoms with van der Waals surface area (Å²) in [5, 5.41) is 12.5. The predicted octanol–water partition coefficient (Wildman–Crippen LogP) is 0.958. The molecule has 0 spiro atoms. The number of hydrogen-bond acceptors (Lipinski definition) is 4. The van der Waals surface area contributed by atoms with Gasteiger partial charge in [0.2, 0.25) is 0 Å². The van der Waals surface area contributed by atoms with Gasteiger partial charge in [0, 0.05) is 12.1 Å². The van der Waals surface area contributed by atoms with Crippen LogP contribution in [0.1, 0.15) is 23.2 Å². The van der Waals surface area contributed by atoms with Crippen LogP contribution in [0.4, 0.5) is 0 Å². The minimum Gasteiger partial charge on any atom is -0.486 e. The van der Waals surface area contributed by atoms with Crippen LogP contribution in [0.2, 0.25) is 0 Å². The lowest BCUT2D eigenvalue weighted by Crippen LogP contribution is -2.33. The highest BCUT2D eigenvalue weighted by molar-refractivity contribution is 5.94. The van der Waals surface area contributed by atoms with Gasteiger partial charge < -0.3 is 19.9 Å². The molecule has 1 amide bonds. The van der Waals surface area contributed by atoms with E-state index < -0.39 is 6.10 Å². The predicted molar refractivity (Wildman–Crippen MR) is 68.5 cm³/mol. The third-order valence-corrected chi connectivity index (χ3v) is 3.44. The zero-order chi connectivity index (χ0) is 13.2. The van der Waals surface area contributed by atoms with Gasteiger partial charge >= 0.3 is 0 Å². The number of aliphatic hydroxyl groups excluding tert-OH is 1. The largest absolute Gasteiger partial charge is 0.486 e. The Balaban J connectivity index is 1.62. The van der Waals surface area contributed by atoms with Gasteiger partial charge in [0.15, 0.2) is 11.5 Å². The Morgan fingerprint density at radius 3 is 2.79 bits per heavy atom. The minimum atomic E-state index is -0.429. The maximum Gasteiger partial charge on any atom is 0.251 e. The molecule has 1 aromatic rings. The fraction of sp³-hybridized carbons (Fsp3) is 0.500. The second-order valence-corrected chi connectivity index (χ2v) is 4.97. The van der Waals surface area contributed by atoms with Crippen LogP contribution in [0, 0.1) is 5.92 Å². The minimum absolute atomic E-state index is 0.198. The highest BCUT2D eigenvalue weighted by Crippen LogP contribution is 2.32. The molecular formula is C14H17NO4. The summed E-state index contributed by atoms with van der Waals surface area (Å²) in [6, 6.07) is 5.11. The highest BCUT2D eigenvalue weighted by Gasteiger charge is 2.29. The summed E-state index contributed by atoms with van der Waals surface area (Å²) in [7, 11) is 0. The third kappa shape index (κ3) is 2.81. The van der Waals surface area contributed by atoms with Crippen molar-refractivity contribution >= 4 is 5.91 Å². The van der Waals surface area contributed by atoms with E-state index in [0.29, 0.717) is 42.7 Å². The molecule has 1 aliphatic carbocycles. The Morgan fingerprint density at radius 2 is 2.05 bits per heavy atom. The summed E-state index contributed by atoms with van der Waals surface area (Å²) in [5.74, 6) is 1.43. The lowest BCUT2D eigenvalue weighted by atomic mass is 10.1. The molecule has 5 heteroatoms. The molecule has 102 valence electrons. The molecule has 1 fully saturated rings. The van der Waals surface area contributed by atoms with Crippen molar-refractivity contribution in [1.29, 1.82) is 0 Å². The number of carbonyl (C=O) groups is 1. The van der Waals surface area contributed by atoms with Gasteiger partial charge in [0.05, 0.1) is 6.10 Å². The molecule has 1 atom stereocenters. The zero-order valence-electron chi connectivity index (χ0n) is 10.6. The van der Waals surface area contributed by atoms with Gasteiger partial charge in [-0.3, -0.25) is 4.79 Å². The molecule has 1 saturated carbocycles. The average Bonchev–Trinajstić information content (AvgIpc) is 3.28. The Hall–Kier alpha value is -1.75. The Morgan fingerprint density at radius 1 is 1.32 bits per heavy atom. The highest BCUT2D eigenvalue weighted by atomic mass is 16.6. The summed E-state index contributed by atoms with van der Waals surface area (Å²) >= 11 is 0. The quantitative estimate of drug-likeness (QED) is 0.849. The number of ether oxygens (including phenoxy) is 2. The molecular weight excluding hydrogens is 246 g/mol. The van der Waals surface area contributed by atoms with E-state index >= 15 is 0 Å². The zero-order valence-corrected chi connectivity index (χ0v) is 10.6. The van der Waals surface area contributed by atoms with Gasteiger partial charge in [-0.1, -0.05) is 0 Å². The van der Waals surface area contributed by atoms with Crippen LogP contribution in [-0.4, -0.2) is 36.9 Å². The molecule has 1 unspecified atom stereocenters. The second-order valence-electron chi connectivity index (χ2n) is 4.97. The fourth-order valence-electron chi connectivity index (χ4n) is 2.13. The number of fused-ring (bicyclic) bond motifs is 1. The number of aliphatic hydroxyl groups is 1. The van der Waals surface area contributed by atoms with Crippen LogP contribution in [0.5, 0.6) is 11.5 Å². The molecule has 1 heterocycles. The van der Waals surface area contributed by atoms with Gasteiger partial charge in [-0.25, -0.2) is 0 Å². The summed E-state index contributed by atoms with van der Waals surface area (Å²) in [6.45, 7) is 1.34. The molecule has 0 radical (unpaired) electrons. The lowest BCUT2D eigenvalue weighted by molar-refractivity contribution is 0.0900. The molecule has 3 rings (SSSR count). The maximum absolute atomic E-state index is 12.0. The van der Waals surface area contributed by atoms with E-state index in [-0.39, 0.29) is 5.91 Å². The van der Waals surface area contributed by atoms with E-state index in [1.54, 1.807) is 18.2 Å². The van der Waals surface area contributed by atoms with Gasteiger partial charge in [0.1, 0.15) is 13.2 Å². The smallest absolute Gasteiger partial charge is 0.251 e. The van der Waals surface area contributed by atoms with Crippen molar-refractivity contribution in [3.8, 4) is 11.5 Å². The number of hydrogen-bond donors (Lipinski definition) is 2. The van der Waals surface area contributed by atoms with Crippen LogP contribution in [0.3, 0.4) is 0 Å². The van der Waals surface area contributed by atoms with Crippen molar-refractivity contribution < 1.29 is 19.4 Å². The molecule has 1 aliphatic heterocycles. The Labute approximate surface area is 111 Å². The first-order valence-corrected chi connectivity index (χ1v) is 6.60. The number of nitrogens with one attached hydrogen (secondary N) is 1. The Kier molecular flexibility index (Phi) is 3.29. The van der Waals surface area contributed by atoms with E-state index in [9.17, 15) is 9.90 Å². The van der Waals surface area contributed by atoms with Gasteiger partial charge in [-0.05, 0) is 37.0 Å². The maximum atomic E-state index is 12.0. The molecule has 0 saturated heterocycles. The monoisotopic (exact) mass is 263 g/mol. The molecule has 19 heavy (non-hydrogen) atoms. The fourth-order valence-corrected chi connectivity index (χ4v) is 2.13.